The maximum Gasteiger partial charge on any atom is 0.159 e. The molecule has 0 saturated carbocycles. The summed E-state index contributed by atoms with van der Waals surface area (Å²) in [5.41, 5.74) is 3.02. The number of carbonyl (C=O) groups is 1. The monoisotopic (exact) mass is 333 g/mol. The number of ether oxygens (including phenoxy) is 1. The topological polar surface area (TPSA) is 49.8 Å². The van der Waals surface area contributed by atoms with Crippen LogP contribution in [0.25, 0.3) is 0 Å². The molecule has 0 fully saturated rings. The van der Waals surface area contributed by atoms with Crippen LogP contribution in [-0.4, -0.2) is 18.0 Å². The molecule has 0 aliphatic carbocycles. The molecule has 4 heteroatoms. The highest BCUT2D eigenvalue weighted by Crippen LogP contribution is 2.39. The molecule has 0 bridgehead atoms. The normalized spacial score (nSPS) is 10.3. The summed E-state index contributed by atoms with van der Waals surface area (Å²) in [7, 11) is 1.62. The molecule has 25 heavy (non-hydrogen) atoms. The molecule has 0 heterocycles. The predicted molar refractivity (Wildman–Crippen MR) is 99.3 cm³/mol. The van der Waals surface area contributed by atoms with Crippen molar-refractivity contribution in [1.29, 1.82) is 0 Å². The van der Waals surface area contributed by atoms with Gasteiger partial charge in [-0.25, -0.2) is 0 Å². The molecule has 0 spiro atoms. The summed E-state index contributed by atoms with van der Waals surface area (Å²) in [5, 5.41) is 10.3. The van der Waals surface area contributed by atoms with Crippen molar-refractivity contribution >= 4 is 22.8 Å². The number of para-hydroxylation sites is 2. The molecule has 3 aromatic carbocycles. The summed E-state index contributed by atoms with van der Waals surface area (Å²) in [4.78, 5) is 13.5. The molecule has 0 saturated heterocycles. The van der Waals surface area contributed by atoms with E-state index in [0.717, 1.165) is 17.1 Å². The number of anilines is 3. The van der Waals surface area contributed by atoms with Crippen molar-refractivity contribution in [3.05, 3.63) is 78.4 Å². The summed E-state index contributed by atoms with van der Waals surface area (Å²) in [6.07, 6.45) is 0. The number of hydrogen-bond acceptors (Lipinski definition) is 4. The second kappa shape index (κ2) is 7.09. The van der Waals surface area contributed by atoms with Crippen LogP contribution in [0.3, 0.4) is 0 Å². The van der Waals surface area contributed by atoms with Crippen LogP contribution in [0.1, 0.15) is 17.3 Å². The Balaban J connectivity index is 2.11. The molecule has 0 unspecified atom stereocenters. The molecule has 0 atom stereocenters. The quantitative estimate of drug-likeness (QED) is 0.662. The van der Waals surface area contributed by atoms with Crippen molar-refractivity contribution in [2.75, 3.05) is 12.0 Å². The van der Waals surface area contributed by atoms with Gasteiger partial charge in [0.25, 0.3) is 0 Å². The lowest BCUT2D eigenvalue weighted by atomic mass is 10.1. The van der Waals surface area contributed by atoms with Crippen LogP contribution in [0.4, 0.5) is 17.1 Å². The second-order valence-electron chi connectivity index (χ2n) is 5.63. The van der Waals surface area contributed by atoms with E-state index in [1.807, 2.05) is 53.4 Å². The van der Waals surface area contributed by atoms with E-state index in [4.69, 9.17) is 4.74 Å². The number of hydrogen-bond donors (Lipinski definition) is 1. The SMILES string of the molecule is COc1ccc(N(c2ccc(C(C)=O)cc2)c2ccccc2O)cc1. The molecule has 0 aromatic heterocycles. The maximum absolute atomic E-state index is 11.5. The molecule has 4 nitrogen and oxygen atoms in total. The van der Waals surface area contributed by atoms with Crippen molar-refractivity contribution < 1.29 is 14.6 Å². The van der Waals surface area contributed by atoms with Gasteiger partial charge in [0, 0.05) is 16.9 Å². The predicted octanol–water partition coefficient (Wildman–Crippen LogP) is 5.07. The van der Waals surface area contributed by atoms with E-state index in [-0.39, 0.29) is 11.5 Å². The van der Waals surface area contributed by atoms with Crippen molar-refractivity contribution in [3.8, 4) is 11.5 Å². The fourth-order valence-corrected chi connectivity index (χ4v) is 2.66. The largest absolute Gasteiger partial charge is 0.506 e. The van der Waals surface area contributed by atoms with Crippen LogP contribution in [0.15, 0.2) is 72.8 Å². The number of Topliss-reactive ketones (excluding diaryl/α,β-unsaturated/α-hetero) is 1. The molecular weight excluding hydrogens is 314 g/mol. The molecule has 3 rings (SSSR count). The van der Waals surface area contributed by atoms with Gasteiger partial charge in [0.15, 0.2) is 5.78 Å². The summed E-state index contributed by atoms with van der Waals surface area (Å²) in [5.74, 6) is 0.951. The average Bonchev–Trinajstić information content (AvgIpc) is 2.64. The summed E-state index contributed by atoms with van der Waals surface area (Å²) in [6, 6.07) is 22.0. The van der Waals surface area contributed by atoms with E-state index in [2.05, 4.69) is 0 Å². The molecule has 0 radical (unpaired) electrons. The van der Waals surface area contributed by atoms with Crippen molar-refractivity contribution in [3.63, 3.8) is 0 Å². The number of benzene rings is 3. The molecule has 0 aliphatic rings. The Morgan fingerprint density at radius 3 is 1.96 bits per heavy atom. The van der Waals surface area contributed by atoms with Crippen molar-refractivity contribution in [1.82, 2.24) is 0 Å². The number of carbonyl (C=O) groups excluding carboxylic acids is 1. The zero-order chi connectivity index (χ0) is 17.8. The van der Waals surface area contributed by atoms with E-state index in [9.17, 15) is 9.90 Å². The Kier molecular flexibility index (Phi) is 4.70. The maximum atomic E-state index is 11.5. The highest BCUT2D eigenvalue weighted by atomic mass is 16.5. The smallest absolute Gasteiger partial charge is 0.159 e. The van der Waals surface area contributed by atoms with Gasteiger partial charge >= 0.3 is 0 Å². The Labute approximate surface area is 146 Å². The highest BCUT2D eigenvalue weighted by Gasteiger charge is 2.16. The van der Waals surface area contributed by atoms with E-state index in [0.29, 0.717) is 11.3 Å². The van der Waals surface area contributed by atoms with Crippen LogP contribution < -0.4 is 9.64 Å². The highest BCUT2D eigenvalue weighted by molar-refractivity contribution is 5.94. The van der Waals surface area contributed by atoms with Gasteiger partial charge in [-0.15, -0.1) is 0 Å². The Hall–Kier alpha value is -3.27. The molecular formula is C21H19NO3. The lowest BCUT2D eigenvalue weighted by Gasteiger charge is -2.26. The van der Waals surface area contributed by atoms with Crippen LogP contribution in [0, 0.1) is 0 Å². The minimum atomic E-state index is 0.0186. The Morgan fingerprint density at radius 2 is 1.44 bits per heavy atom. The first kappa shape index (κ1) is 16.6. The number of rotatable bonds is 5. The van der Waals surface area contributed by atoms with Crippen LogP contribution in [0.2, 0.25) is 0 Å². The number of methoxy groups -OCH3 is 1. The summed E-state index contributed by atoms with van der Waals surface area (Å²) < 4.78 is 5.22. The van der Waals surface area contributed by atoms with Gasteiger partial charge in [-0.2, -0.15) is 0 Å². The van der Waals surface area contributed by atoms with Crippen LogP contribution in [0.5, 0.6) is 11.5 Å². The Bertz CT molecular complexity index is 870. The third-order valence-corrected chi connectivity index (χ3v) is 3.99. The van der Waals surface area contributed by atoms with Gasteiger partial charge in [-0.3, -0.25) is 4.79 Å². The zero-order valence-electron chi connectivity index (χ0n) is 14.1. The molecule has 3 aromatic rings. The van der Waals surface area contributed by atoms with Gasteiger partial charge in [-0.1, -0.05) is 12.1 Å². The third-order valence-electron chi connectivity index (χ3n) is 3.99. The standard InChI is InChI=1S/C21H19NO3/c1-15(23)16-7-9-17(10-8-16)22(20-5-3-4-6-21(20)24)18-11-13-19(25-2)14-12-18/h3-14,24H,1-2H3. The van der Waals surface area contributed by atoms with Gasteiger partial charge in [0.2, 0.25) is 0 Å². The Morgan fingerprint density at radius 1 is 0.880 bits per heavy atom. The number of phenolic OH excluding ortho intramolecular Hbond substituents is 1. The zero-order valence-corrected chi connectivity index (χ0v) is 14.1. The average molecular weight is 333 g/mol. The third kappa shape index (κ3) is 3.48. The molecule has 126 valence electrons. The van der Waals surface area contributed by atoms with E-state index in [1.54, 1.807) is 38.3 Å². The van der Waals surface area contributed by atoms with Gasteiger partial charge in [-0.05, 0) is 67.6 Å². The second-order valence-corrected chi connectivity index (χ2v) is 5.63. The lowest BCUT2D eigenvalue weighted by Crippen LogP contribution is -2.10. The fourth-order valence-electron chi connectivity index (χ4n) is 2.66. The minimum Gasteiger partial charge on any atom is -0.506 e. The first-order valence-electron chi connectivity index (χ1n) is 7.93. The number of phenols is 1. The number of nitrogens with zero attached hydrogens (tertiary/aromatic N) is 1. The van der Waals surface area contributed by atoms with Crippen LogP contribution >= 0.6 is 0 Å². The molecule has 1 N–H and O–H groups in total. The number of ketones is 1. The summed E-state index contributed by atoms with van der Waals surface area (Å²) in [6.45, 7) is 1.54. The van der Waals surface area contributed by atoms with E-state index in [1.165, 1.54) is 0 Å². The van der Waals surface area contributed by atoms with Crippen molar-refractivity contribution in [2.45, 2.75) is 6.92 Å². The van der Waals surface area contributed by atoms with Crippen LogP contribution in [-0.2, 0) is 0 Å². The minimum absolute atomic E-state index is 0.0186. The van der Waals surface area contributed by atoms with Gasteiger partial charge < -0.3 is 14.7 Å². The summed E-state index contributed by atoms with van der Waals surface area (Å²) >= 11 is 0. The fraction of sp³-hybridized carbons (Fsp3) is 0.0952. The molecule has 0 amide bonds. The first-order chi connectivity index (χ1) is 12.1. The lowest BCUT2D eigenvalue weighted by molar-refractivity contribution is 0.101. The molecule has 0 aliphatic heterocycles. The number of aromatic hydroxyl groups is 1. The van der Waals surface area contributed by atoms with Crippen molar-refractivity contribution in [2.24, 2.45) is 0 Å². The van der Waals surface area contributed by atoms with E-state index < -0.39 is 0 Å². The first-order valence-corrected chi connectivity index (χ1v) is 7.93. The van der Waals surface area contributed by atoms with Gasteiger partial charge in [0.1, 0.15) is 11.5 Å². The van der Waals surface area contributed by atoms with Gasteiger partial charge in [0.05, 0.1) is 12.8 Å². The van der Waals surface area contributed by atoms with E-state index >= 15 is 0 Å².